The van der Waals surface area contributed by atoms with E-state index < -0.39 is 0 Å². The predicted octanol–water partition coefficient (Wildman–Crippen LogP) is 2.56. The zero-order chi connectivity index (χ0) is 20.4. The summed E-state index contributed by atoms with van der Waals surface area (Å²) in [6.45, 7) is 10.2. The average molecular weight is 512 g/mol. The SMILES string of the molecule is CCNC(=NCC(=O)NC(C)(C)C)NCCc1nccn1Cc1ccccc1.I. The molecule has 0 aliphatic rings. The van der Waals surface area contributed by atoms with Crippen molar-refractivity contribution in [3.63, 3.8) is 0 Å². The number of nitrogens with one attached hydrogen (secondary N) is 3. The smallest absolute Gasteiger partial charge is 0.242 e. The quantitative estimate of drug-likeness (QED) is 0.289. The summed E-state index contributed by atoms with van der Waals surface area (Å²) in [6.07, 6.45) is 4.59. The number of carbonyl (C=O) groups is 1. The van der Waals surface area contributed by atoms with Gasteiger partial charge in [-0.1, -0.05) is 30.3 Å². The lowest BCUT2D eigenvalue weighted by atomic mass is 10.1. The minimum absolute atomic E-state index is 0. The van der Waals surface area contributed by atoms with Gasteiger partial charge in [-0.15, -0.1) is 24.0 Å². The van der Waals surface area contributed by atoms with E-state index in [4.69, 9.17) is 0 Å². The van der Waals surface area contributed by atoms with E-state index in [2.05, 4.69) is 42.6 Å². The molecular formula is C21H33IN6O. The Labute approximate surface area is 190 Å². The molecule has 3 N–H and O–H groups in total. The zero-order valence-corrected chi connectivity index (χ0v) is 20.1. The fourth-order valence-corrected chi connectivity index (χ4v) is 2.74. The highest BCUT2D eigenvalue weighted by atomic mass is 127. The lowest BCUT2D eigenvalue weighted by Gasteiger charge is -2.20. The Morgan fingerprint density at radius 1 is 1.17 bits per heavy atom. The van der Waals surface area contributed by atoms with E-state index in [0.717, 1.165) is 25.3 Å². The first-order valence-corrected chi connectivity index (χ1v) is 9.74. The highest BCUT2D eigenvalue weighted by molar-refractivity contribution is 14.0. The summed E-state index contributed by atoms with van der Waals surface area (Å²) >= 11 is 0. The number of carbonyl (C=O) groups excluding carboxylic acids is 1. The minimum atomic E-state index is -0.256. The van der Waals surface area contributed by atoms with Crippen LogP contribution in [-0.4, -0.2) is 46.6 Å². The van der Waals surface area contributed by atoms with Crippen LogP contribution in [0.4, 0.5) is 0 Å². The maximum atomic E-state index is 12.0. The summed E-state index contributed by atoms with van der Waals surface area (Å²) < 4.78 is 2.15. The Morgan fingerprint density at radius 3 is 2.55 bits per heavy atom. The van der Waals surface area contributed by atoms with E-state index in [1.807, 2.05) is 58.3 Å². The molecular weight excluding hydrogens is 479 g/mol. The van der Waals surface area contributed by atoms with Crippen molar-refractivity contribution in [1.82, 2.24) is 25.5 Å². The molecule has 0 fully saturated rings. The average Bonchev–Trinajstić information content (AvgIpc) is 3.06. The third-order valence-corrected chi connectivity index (χ3v) is 3.88. The van der Waals surface area contributed by atoms with Crippen LogP contribution in [0.1, 0.15) is 39.1 Å². The number of hydrogen-bond acceptors (Lipinski definition) is 3. The van der Waals surface area contributed by atoms with Crippen LogP contribution in [0.2, 0.25) is 0 Å². The highest BCUT2D eigenvalue weighted by Gasteiger charge is 2.13. The van der Waals surface area contributed by atoms with Gasteiger partial charge in [-0.05, 0) is 33.3 Å². The summed E-state index contributed by atoms with van der Waals surface area (Å²) in [6, 6.07) is 10.3. The second kappa shape index (κ2) is 12.5. The van der Waals surface area contributed by atoms with Crippen LogP contribution in [0.3, 0.4) is 0 Å². The molecule has 29 heavy (non-hydrogen) atoms. The number of halogens is 1. The van der Waals surface area contributed by atoms with Crippen LogP contribution in [0.25, 0.3) is 0 Å². The Bertz CT molecular complexity index is 767. The monoisotopic (exact) mass is 512 g/mol. The molecule has 2 aromatic rings. The normalized spacial score (nSPS) is 11.5. The van der Waals surface area contributed by atoms with Crippen LogP contribution in [0, 0.1) is 0 Å². The topological polar surface area (TPSA) is 83.3 Å². The largest absolute Gasteiger partial charge is 0.357 e. The van der Waals surface area contributed by atoms with Gasteiger partial charge < -0.3 is 20.5 Å². The van der Waals surface area contributed by atoms with E-state index in [1.165, 1.54) is 5.56 Å². The standard InChI is InChI=1S/C21H32N6O.HI/c1-5-22-20(25-15-19(28)26-21(2,3)4)24-12-11-18-23-13-14-27(18)16-17-9-7-6-8-10-17;/h6-10,13-14H,5,11-12,15-16H2,1-4H3,(H,26,28)(H2,22,24,25);1H. The number of benzene rings is 1. The van der Waals surface area contributed by atoms with Crippen molar-refractivity contribution >= 4 is 35.8 Å². The van der Waals surface area contributed by atoms with Crippen molar-refractivity contribution < 1.29 is 4.79 Å². The van der Waals surface area contributed by atoms with Gasteiger partial charge in [-0.3, -0.25) is 4.79 Å². The molecule has 7 nitrogen and oxygen atoms in total. The van der Waals surface area contributed by atoms with Gasteiger partial charge in [-0.25, -0.2) is 9.98 Å². The second-order valence-corrected chi connectivity index (χ2v) is 7.63. The summed E-state index contributed by atoms with van der Waals surface area (Å²) in [7, 11) is 0. The molecule has 0 radical (unpaired) electrons. The predicted molar refractivity (Wildman–Crippen MR) is 129 cm³/mol. The first-order valence-electron chi connectivity index (χ1n) is 9.74. The maximum Gasteiger partial charge on any atom is 0.242 e. The van der Waals surface area contributed by atoms with Gasteiger partial charge in [0.25, 0.3) is 0 Å². The highest BCUT2D eigenvalue weighted by Crippen LogP contribution is 2.05. The summed E-state index contributed by atoms with van der Waals surface area (Å²) in [5, 5.41) is 9.35. The Hall–Kier alpha value is -2.10. The lowest BCUT2D eigenvalue weighted by molar-refractivity contribution is -0.121. The molecule has 1 aromatic carbocycles. The number of amides is 1. The van der Waals surface area contributed by atoms with Crippen molar-refractivity contribution in [2.75, 3.05) is 19.6 Å². The molecule has 0 unspecified atom stereocenters. The van der Waals surface area contributed by atoms with Gasteiger partial charge in [0.1, 0.15) is 12.4 Å². The van der Waals surface area contributed by atoms with Crippen molar-refractivity contribution in [3.8, 4) is 0 Å². The zero-order valence-electron chi connectivity index (χ0n) is 17.7. The molecule has 0 bridgehead atoms. The molecule has 2 rings (SSSR count). The molecule has 0 atom stereocenters. The first-order chi connectivity index (χ1) is 13.4. The third kappa shape index (κ3) is 9.78. The summed E-state index contributed by atoms with van der Waals surface area (Å²) in [5.41, 5.74) is 0.989. The molecule has 0 saturated carbocycles. The Kier molecular flexibility index (Phi) is 10.7. The first kappa shape index (κ1) is 24.9. The molecule has 0 saturated heterocycles. The van der Waals surface area contributed by atoms with Crippen LogP contribution in [-0.2, 0) is 17.8 Å². The summed E-state index contributed by atoms with van der Waals surface area (Å²) in [5.74, 6) is 1.55. The molecule has 1 aromatic heterocycles. The van der Waals surface area contributed by atoms with Crippen LogP contribution < -0.4 is 16.0 Å². The van der Waals surface area contributed by atoms with E-state index in [0.29, 0.717) is 12.5 Å². The number of guanidine groups is 1. The number of nitrogens with zero attached hydrogens (tertiary/aromatic N) is 3. The maximum absolute atomic E-state index is 12.0. The number of aromatic nitrogens is 2. The van der Waals surface area contributed by atoms with Gasteiger partial charge in [0, 0.05) is 44.0 Å². The van der Waals surface area contributed by atoms with Gasteiger partial charge in [0.05, 0.1) is 0 Å². The number of hydrogen-bond donors (Lipinski definition) is 3. The number of imidazole rings is 1. The van der Waals surface area contributed by atoms with Crippen LogP contribution in [0.5, 0.6) is 0 Å². The van der Waals surface area contributed by atoms with E-state index >= 15 is 0 Å². The summed E-state index contributed by atoms with van der Waals surface area (Å²) in [4.78, 5) is 20.8. The minimum Gasteiger partial charge on any atom is -0.357 e. The van der Waals surface area contributed by atoms with Crippen molar-refractivity contribution in [2.24, 2.45) is 4.99 Å². The van der Waals surface area contributed by atoms with Crippen molar-refractivity contribution in [2.45, 2.75) is 46.2 Å². The molecule has 160 valence electrons. The second-order valence-electron chi connectivity index (χ2n) is 7.63. The molecule has 0 aliphatic carbocycles. The van der Waals surface area contributed by atoms with Crippen LogP contribution >= 0.6 is 24.0 Å². The lowest BCUT2D eigenvalue weighted by Crippen LogP contribution is -2.43. The molecule has 1 heterocycles. The van der Waals surface area contributed by atoms with Crippen molar-refractivity contribution in [1.29, 1.82) is 0 Å². The fourth-order valence-electron chi connectivity index (χ4n) is 2.74. The van der Waals surface area contributed by atoms with E-state index in [-0.39, 0.29) is 42.0 Å². The van der Waals surface area contributed by atoms with E-state index in [9.17, 15) is 4.79 Å². The number of aliphatic imine (C=N–C) groups is 1. The Balaban J connectivity index is 0.00000420. The fraction of sp³-hybridized carbons (Fsp3) is 0.476. The van der Waals surface area contributed by atoms with Gasteiger partial charge in [0.15, 0.2) is 5.96 Å². The van der Waals surface area contributed by atoms with Gasteiger partial charge >= 0.3 is 0 Å². The molecule has 8 heteroatoms. The Morgan fingerprint density at radius 2 is 1.90 bits per heavy atom. The molecule has 1 amide bonds. The van der Waals surface area contributed by atoms with E-state index in [1.54, 1.807) is 0 Å². The molecule has 0 aliphatic heterocycles. The van der Waals surface area contributed by atoms with Gasteiger partial charge in [0.2, 0.25) is 5.91 Å². The van der Waals surface area contributed by atoms with Crippen LogP contribution in [0.15, 0.2) is 47.7 Å². The molecule has 0 spiro atoms. The van der Waals surface area contributed by atoms with Gasteiger partial charge in [-0.2, -0.15) is 0 Å². The number of rotatable bonds is 8. The van der Waals surface area contributed by atoms with Crippen molar-refractivity contribution in [3.05, 3.63) is 54.1 Å². The third-order valence-electron chi connectivity index (χ3n) is 3.88.